The number of hydrogen-bond donors (Lipinski definition) is 1. The van der Waals surface area contributed by atoms with E-state index in [1.54, 1.807) is 19.1 Å². The van der Waals surface area contributed by atoms with Crippen molar-refractivity contribution in [2.75, 3.05) is 11.1 Å². The number of hydrogen-bond acceptors (Lipinski definition) is 6. The van der Waals surface area contributed by atoms with Gasteiger partial charge in [-0.05, 0) is 19.1 Å². The molecule has 2 aromatic carbocycles. The molecule has 8 heteroatoms. The van der Waals surface area contributed by atoms with E-state index in [0.29, 0.717) is 10.9 Å². The Kier molecular flexibility index (Phi) is 4.90. The Morgan fingerprint density at radius 3 is 2.68 bits per heavy atom. The molecule has 0 spiro atoms. The summed E-state index contributed by atoms with van der Waals surface area (Å²) >= 11 is 1.27. The second-order valence-electron chi connectivity index (χ2n) is 5.20. The van der Waals surface area contributed by atoms with Crippen LogP contribution in [0.5, 0.6) is 0 Å². The summed E-state index contributed by atoms with van der Waals surface area (Å²) < 4.78 is 0. The number of aromatic nitrogens is 2. The van der Waals surface area contributed by atoms with Crippen LogP contribution < -0.4 is 5.32 Å². The highest BCUT2D eigenvalue weighted by Crippen LogP contribution is 2.26. The number of carbonyl (C=O) groups is 1. The van der Waals surface area contributed by atoms with Crippen LogP contribution in [-0.2, 0) is 4.79 Å². The molecule has 1 N–H and O–H groups in total. The first-order valence-electron chi connectivity index (χ1n) is 7.44. The highest BCUT2D eigenvalue weighted by Gasteiger charge is 2.15. The standard InChI is InChI=1S/C17H14N4O3S/c1-11-18-13-7-3-2-6-12(13)17(19-11)25-10-16(22)20-14-8-4-5-9-15(14)21(23)24/h2-9H,10H2,1H3,(H,20,22). The van der Waals surface area contributed by atoms with Crippen LogP contribution in [0.15, 0.2) is 53.6 Å². The number of para-hydroxylation sites is 3. The lowest BCUT2D eigenvalue weighted by molar-refractivity contribution is -0.383. The molecule has 25 heavy (non-hydrogen) atoms. The maximum absolute atomic E-state index is 12.2. The van der Waals surface area contributed by atoms with Crippen molar-refractivity contribution in [3.05, 3.63) is 64.5 Å². The van der Waals surface area contributed by atoms with Crippen LogP contribution in [-0.4, -0.2) is 26.6 Å². The van der Waals surface area contributed by atoms with Gasteiger partial charge >= 0.3 is 0 Å². The second kappa shape index (κ2) is 7.27. The highest BCUT2D eigenvalue weighted by atomic mass is 32.2. The lowest BCUT2D eigenvalue weighted by Crippen LogP contribution is -2.15. The predicted molar refractivity (Wildman–Crippen MR) is 96.7 cm³/mol. The normalized spacial score (nSPS) is 10.6. The van der Waals surface area contributed by atoms with Gasteiger partial charge in [-0.15, -0.1) is 0 Å². The first-order valence-corrected chi connectivity index (χ1v) is 8.42. The average molecular weight is 354 g/mol. The van der Waals surface area contributed by atoms with Crippen LogP contribution in [0.3, 0.4) is 0 Å². The van der Waals surface area contributed by atoms with Crippen molar-refractivity contribution in [2.45, 2.75) is 11.9 Å². The van der Waals surface area contributed by atoms with E-state index in [0.717, 1.165) is 10.9 Å². The van der Waals surface area contributed by atoms with Gasteiger partial charge < -0.3 is 5.32 Å². The summed E-state index contributed by atoms with van der Waals surface area (Å²) in [5.41, 5.74) is 0.864. The zero-order valence-electron chi connectivity index (χ0n) is 13.3. The monoisotopic (exact) mass is 354 g/mol. The molecular weight excluding hydrogens is 340 g/mol. The summed E-state index contributed by atoms with van der Waals surface area (Å²) in [6.07, 6.45) is 0. The summed E-state index contributed by atoms with van der Waals surface area (Å²) in [5, 5.41) is 15.2. The Morgan fingerprint density at radius 1 is 1.16 bits per heavy atom. The summed E-state index contributed by atoms with van der Waals surface area (Å²) in [4.78, 5) is 31.4. The largest absolute Gasteiger partial charge is 0.320 e. The second-order valence-corrected chi connectivity index (χ2v) is 6.17. The predicted octanol–water partition coefficient (Wildman–Crippen LogP) is 3.58. The molecule has 3 aromatic rings. The number of anilines is 1. The number of nitro groups is 1. The van der Waals surface area contributed by atoms with Crippen LogP contribution in [0.2, 0.25) is 0 Å². The van der Waals surface area contributed by atoms with Gasteiger partial charge in [-0.1, -0.05) is 42.1 Å². The first kappa shape index (κ1) is 16.8. The molecule has 0 aliphatic heterocycles. The van der Waals surface area contributed by atoms with E-state index in [1.165, 1.54) is 23.9 Å². The fourth-order valence-corrected chi connectivity index (χ4v) is 3.19. The summed E-state index contributed by atoms with van der Waals surface area (Å²) in [6.45, 7) is 1.80. The van der Waals surface area contributed by atoms with Gasteiger partial charge in [0, 0.05) is 11.5 Å². The van der Waals surface area contributed by atoms with Crippen LogP contribution >= 0.6 is 11.8 Å². The van der Waals surface area contributed by atoms with Gasteiger partial charge in [-0.2, -0.15) is 0 Å². The van der Waals surface area contributed by atoms with Gasteiger partial charge in [-0.3, -0.25) is 14.9 Å². The van der Waals surface area contributed by atoms with Gasteiger partial charge in [0.1, 0.15) is 16.5 Å². The molecule has 0 atom stereocenters. The molecule has 1 amide bonds. The van der Waals surface area contributed by atoms with Gasteiger partial charge in [-0.25, -0.2) is 9.97 Å². The molecule has 1 aromatic heterocycles. The van der Waals surface area contributed by atoms with Crippen LogP contribution in [0.25, 0.3) is 10.9 Å². The Hall–Kier alpha value is -3.00. The van der Waals surface area contributed by atoms with Gasteiger partial charge in [0.25, 0.3) is 5.69 Å². The van der Waals surface area contributed by atoms with Crippen LogP contribution in [0.4, 0.5) is 11.4 Å². The number of benzene rings is 2. The van der Waals surface area contributed by atoms with Crippen LogP contribution in [0.1, 0.15) is 5.82 Å². The Morgan fingerprint density at radius 2 is 1.88 bits per heavy atom. The van der Waals surface area contributed by atoms with Crippen molar-refractivity contribution in [1.29, 1.82) is 0 Å². The number of nitrogens with zero attached hydrogens (tertiary/aromatic N) is 3. The van der Waals surface area contributed by atoms with Crippen molar-refractivity contribution >= 4 is 39.9 Å². The van der Waals surface area contributed by atoms with E-state index < -0.39 is 4.92 Å². The molecule has 0 unspecified atom stereocenters. The smallest absolute Gasteiger partial charge is 0.292 e. The molecule has 0 saturated carbocycles. The third-order valence-electron chi connectivity index (χ3n) is 3.39. The zero-order valence-corrected chi connectivity index (χ0v) is 14.1. The molecule has 126 valence electrons. The minimum atomic E-state index is -0.524. The van der Waals surface area contributed by atoms with E-state index in [9.17, 15) is 14.9 Å². The molecule has 0 bridgehead atoms. The van der Waals surface area contributed by atoms with Gasteiger partial charge in [0.15, 0.2) is 0 Å². The molecule has 7 nitrogen and oxygen atoms in total. The lowest BCUT2D eigenvalue weighted by atomic mass is 10.2. The zero-order chi connectivity index (χ0) is 17.8. The van der Waals surface area contributed by atoms with Crippen molar-refractivity contribution in [1.82, 2.24) is 9.97 Å². The number of thioether (sulfide) groups is 1. The van der Waals surface area contributed by atoms with E-state index in [4.69, 9.17) is 0 Å². The number of rotatable bonds is 5. The molecular formula is C17H14N4O3S. The third-order valence-corrected chi connectivity index (χ3v) is 4.39. The molecule has 3 rings (SSSR count). The third kappa shape index (κ3) is 3.92. The minimum absolute atomic E-state index is 0.0898. The SMILES string of the molecule is Cc1nc(SCC(=O)Nc2ccccc2[N+](=O)[O-])c2ccccc2n1. The number of fused-ring (bicyclic) bond motifs is 1. The fraction of sp³-hybridized carbons (Fsp3) is 0.118. The van der Waals surface area contributed by atoms with E-state index in [1.807, 2.05) is 24.3 Å². The average Bonchev–Trinajstić information content (AvgIpc) is 2.59. The first-order chi connectivity index (χ1) is 12.0. The van der Waals surface area contributed by atoms with E-state index in [2.05, 4.69) is 15.3 Å². The summed E-state index contributed by atoms with van der Waals surface area (Å²) in [6, 6.07) is 13.6. The fourth-order valence-electron chi connectivity index (χ4n) is 2.33. The number of aryl methyl sites for hydroxylation is 1. The number of amides is 1. The molecule has 0 aliphatic rings. The Balaban J connectivity index is 1.75. The number of nitro benzene ring substituents is 1. The lowest BCUT2D eigenvalue weighted by Gasteiger charge is -2.08. The molecule has 0 radical (unpaired) electrons. The molecule has 0 fully saturated rings. The maximum Gasteiger partial charge on any atom is 0.292 e. The van der Waals surface area contributed by atoms with E-state index >= 15 is 0 Å². The topological polar surface area (TPSA) is 98.0 Å². The highest BCUT2D eigenvalue weighted by molar-refractivity contribution is 8.00. The van der Waals surface area contributed by atoms with Crippen LogP contribution in [0, 0.1) is 17.0 Å². The minimum Gasteiger partial charge on any atom is -0.320 e. The van der Waals surface area contributed by atoms with E-state index in [-0.39, 0.29) is 23.0 Å². The number of carbonyl (C=O) groups excluding carboxylic acids is 1. The quantitative estimate of drug-likeness (QED) is 0.325. The Bertz CT molecular complexity index is 962. The van der Waals surface area contributed by atoms with Gasteiger partial charge in [0.05, 0.1) is 16.2 Å². The summed E-state index contributed by atoms with van der Waals surface area (Å²) in [5.74, 6) is 0.381. The molecule has 0 saturated heterocycles. The van der Waals surface area contributed by atoms with Crippen molar-refractivity contribution < 1.29 is 9.72 Å². The molecule has 0 aliphatic carbocycles. The Labute approximate surface area is 147 Å². The summed E-state index contributed by atoms with van der Waals surface area (Å²) in [7, 11) is 0. The van der Waals surface area contributed by atoms with Gasteiger partial charge in [0.2, 0.25) is 5.91 Å². The van der Waals surface area contributed by atoms with Crippen molar-refractivity contribution in [3.63, 3.8) is 0 Å². The van der Waals surface area contributed by atoms with Crippen molar-refractivity contribution in [3.8, 4) is 0 Å². The van der Waals surface area contributed by atoms with Crippen molar-refractivity contribution in [2.24, 2.45) is 0 Å². The maximum atomic E-state index is 12.2. The number of nitrogens with one attached hydrogen (secondary N) is 1. The molecule has 1 heterocycles.